The summed E-state index contributed by atoms with van der Waals surface area (Å²) in [6.45, 7) is 5.69. The van der Waals surface area contributed by atoms with Crippen LogP contribution in [0.4, 0.5) is 0 Å². The van der Waals surface area contributed by atoms with Gasteiger partial charge in [0.1, 0.15) is 0 Å². The molecule has 0 bridgehead atoms. The molecule has 0 saturated carbocycles. The van der Waals surface area contributed by atoms with Gasteiger partial charge in [-0.15, -0.1) is 5.10 Å². The fourth-order valence-electron chi connectivity index (χ4n) is 3.30. The summed E-state index contributed by atoms with van der Waals surface area (Å²) >= 11 is 12.0. The Bertz CT molecular complexity index is 1080. The van der Waals surface area contributed by atoms with Crippen molar-refractivity contribution in [2.75, 3.05) is 13.6 Å². The lowest BCUT2D eigenvalue weighted by molar-refractivity contribution is -0.903. The molecule has 3 rings (SSSR count). The number of halogens is 1. The van der Waals surface area contributed by atoms with Crippen molar-refractivity contribution in [1.29, 1.82) is 5.26 Å². The van der Waals surface area contributed by atoms with Crippen LogP contribution in [0.2, 0.25) is 5.02 Å². The third-order valence-electron chi connectivity index (χ3n) is 4.82. The van der Waals surface area contributed by atoms with Gasteiger partial charge in [0.05, 0.1) is 31.8 Å². The van der Waals surface area contributed by atoms with Gasteiger partial charge < -0.3 is 4.90 Å². The molecule has 0 saturated heterocycles. The fourth-order valence-corrected chi connectivity index (χ4v) is 3.71. The Morgan fingerprint density at radius 3 is 2.52 bits per heavy atom. The maximum absolute atomic E-state index is 8.87. The Morgan fingerprint density at radius 2 is 1.86 bits per heavy atom. The van der Waals surface area contributed by atoms with Crippen LogP contribution in [0.3, 0.4) is 0 Å². The summed E-state index contributed by atoms with van der Waals surface area (Å²) in [5.41, 5.74) is 3.20. The molecule has 0 amide bonds. The van der Waals surface area contributed by atoms with Gasteiger partial charge in [0, 0.05) is 10.6 Å². The topological polar surface area (TPSA) is 51.0 Å². The predicted molar refractivity (Wildman–Crippen MR) is 119 cm³/mol. The predicted octanol–water partition coefficient (Wildman–Crippen LogP) is 4.23. The van der Waals surface area contributed by atoms with Crippen molar-refractivity contribution in [3.05, 3.63) is 63.9 Å². The number of nitriles is 1. The minimum atomic E-state index is 0.346. The molecule has 29 heavy (non-hydrogen) atoms. The number of nitrogens with zero attached hydrogens (tertiary/aromatic N) is 4. The molecule has 0 aliphatic carbocycles. The first-order valence-corrected chi connectivity index (χ1v) is 10.4. The maximum Gasteiger partial charge on any atom is 0.207 e. The lowest BCUT2D eigenvalue weighted by Crippen LogP contribution is -3.08. The van der Waals surface area contributed by atoms with E-state index in [1.54, 1.807) is 0 Å². The molecule has 150 valence electrons. The zero-order valence-electron chi connectivity index (χ0n) is 16.9. The van der Waals surface area contributed by atoms with Crippen molar-refractivity contribution in [3.63, 3.8) is 0 Å². The van der Waals surface area contributed by atoms with Crippen molar-refractivity contribution < 1.29 is 4.90 Å². The van der Waals surface area contributed by atoms with Gasteiger partial charge >= 0.3 is 0 Å². The quantitative estimate of drug-likeness (QED) is 0.575. The van der Waals surface area contributed by atoms with Gasteiger partial charge in [-0.25, -0.2) is 0 Å². The van der Waals surface area contributed by atoms with Gasteiger partial charge in [-0.1, -0.05) is 43.6 Å². The van der Waals surface area contributed by atoms with Crippen LogP contribution < -0.4 is 4.90 Å². The number of hydrogen-bond donors (Lipinski definition) is 1. The van der Waals surface area contributed by atoms with E-state index >= 15 is 0 Å². The van der Waals surface area contributed by atoms with E-state index in [0.717, 1.165) is 23.6 Å². The molecule has 3 aromatic rings. The van der Waals surface area contributed by atoms with Crippen molar-refractivity contribution in [2.45, 2.75) is 32.9 Å². The number of quaternary nitrogens is 1. The van der Waals surface area contributed by atoms with Gasteiger partial charge in [-0.05, 0) is 54.0 Å². The molecule has 5 nitrogen and oxygen atoms in total. The monoisotopic (exact) mass is 426 g/mol. The molecule has 1 heterocycles. The van der Waals surface area contributed by atoms with Crippen molar-refractivity contribution in [3.8, 4) is 23.1 Å². The number of nitrogens with one attached hydrogen (secondary N) is 1. The molecule has 0 radical (unpaired) electrons. The molecule has 2 aromatic carbocycles. The van der Waals surface area contributed by atoms with Gasteiger partial charge in [0.15, 0.2) is 12.5 Å². The van der Waals surface area contributed by atoms with Crippen molar-refractivity contribution >= 4 is 23.8 Å². The van der Waals surface area contributed by atoms with E-state index in [0.29, 0.717) is 28.8 Å². The largest absolute Gasteiger partial charge is 0.318 e. The molecular weight excluding hydrogens is 402 g/mol. The van der Waals surface area contributed by atoms with E-state index in [2.05, 4.69) is 38.1 Å². The lowest BCUT2D eigenvalue weighted by Gasteiger charge is -2.15. The van der Waals surface area contributed by atoms with E-state index in [1.165, 1.54) is 10.5 Å². The summed E-state index contributed by atoms with van der Waals surface area (Å²) in [6.07, 6.45) is 0.500. The first-order valence-electron chi connectivity index (χ1n) is 9.65. The third kappa shape index (κ3) is 4.76. The average molecular weight is 427 g/mol. The molecular formula is C22H25ClN5S+. The average Bonchev–Trinajstić information content (AvgIpc) is 3.02. The van der Waals surface area contributed by atoms with Gasteiger partial charge in [-0.3, -0.25) is 4.57 Å². The summed E-state index contributed by atoms with van der Waals surface area (Å²) in [5, 5.41) is 14.4. The molecule has 0 aliphatic rings. The Morgan fingerprint density at radius 1 is 1.17 bits per heavy atom. The van der Waals surface area contributed by atoms with Gasteiger partial charge in [0.25, 0.3) is 0 Å². The van der Waals surface area contributed by atoms with E-state index in [-0.39, 0.29) is 0 Å². The minimum absolute atomic E-state index is 0.346. The normalized spacial score (nSPS) is 12.1. The third-order valence-corrected chi connectivity index (χ3v) is 5.47. The Kier molecular flexibility index (Phi) is 6.86. The molecule has 0 spiro atoms. The van der Waals surface area contributed by atoms with Crippen LogP contribution in [0, 0.1) is 16.1 Å². The highest BCUT2D eigenvalue weighted by Crippen LogP contribution is 2.29. The van der Waals surface area contributed by atoms with E-state index < -0.39 is 0 Å². The summed E-state index contributed by atoms with van der Waals surface area (Å²) in [7, 11) is 2.04. The summed E-state index contributed by atoms with van der Waals surface area (Å²) in [4.78, 5) is 1.17. The second kappa shape index (κ2) is 9.36. The number of para-hydroxylation sites is 1. The molecule has 0 fully saturated rings. The smallest absolute Gasteiger partial charge is 0.207 e. The Hall–Kier alpha value is -2.46. The minimum Gasteiger partial charge on any atom is -0.318 e. The highest BCUT2D eigenvalue weighted by Gasteiger charge is 2.19. The van der Waals surface area contributed by atoms with Gasteiger partial charge in [-0.2, -0.15) is 9.94 Å². The second-order valence-corrected chi connectivity index (χ2v) is 8.24. The van der Waals surface area contributed by atoms with Crippen LogP contribution in [0.1, 0.15) is 31.7 Å². The zero-order valence-corrected chi connectivity index (χ0v) is 18.5. The second-order valence-electron chi connectivity index (χ2n) is 7.43. The Balaban J connectivity index is 2.17. The molecule has 7 heteroatoms. The number of hydrogen-bond acceptors (Lipinski definition) is 3. The molecule has 1 aromatic heterocycles. The van der Waals surface area contributed by atoms with Crippen LogP contribution >= 0.6 is 23.8 Å². The summed E-state index contributed by atoms with van der Waals surface area (Å²) in [5.74, 6) is 1.13. The first-order chi connectivity index (χ1) is 13.9. The van der Waals surface area contributed by atoms with Crippen molar-refractivity contribution in [2.24, 2.45) is 0 Å². The lowest BCUT2D eigenvalue weighted by atomic mass is 10.0. The molecule has 1 N–H and O–H groups in total. The molecule has 1 unspecified atom stereocenters. The SMILES string of the molecule is CC(C)c1ccccc1-n1c(-c2ccc(Cl)cc2)nn(C[NH+](C)CCC#N)c1=S. The van der Waals surface area contributed by atoms with Crippen LogP contribution in [-0.4, -0.2) is 27.9 Å². The fraction of sp³-hybridized carbons (Fsp3) is 0.318. The summed E-state index contributed by atoms with van der Waals surface area (Å²) < 4.78 is 4.54. The Labute approximate surface area is 181 Å². The van der Waals surface area contributed by atoms with E-state index in [4.69, 9.17) is 34.2 Å². The van der Waals surface area contributed by atoms with E-state index in [1.807, 2.05) is 46.6 Å². The number of aromatic nitrogens is 3. The number of benzene rings is 2. The molecule has 0 aliphatic heterocycles. The number of rotatable bonds is 7. The van der Waals surface area contributed by atoms with Crippen LogP contribution in [-0.2, 0) is 6.67 Å². The standard InChI is InChI=1S/C22H24ClN5S/c1-16(2)19-7-4-5-8-20(19)28-21(17-9-11-18(23)12-10-17)25-27(22(28)29)15-26(3)14-6-13-24/h4-5,7-12,16H,6,14-15H2,1-3H3/p+1. The van der Waals surface area contributed by atoms with Gasteiger partial charge in [0.2, 0.25) is 4.77 Å². The highest BCUT2D eigenvalue weighted by atomic mass is 35.5. The zero-order chi connectivity index (χ0) is 21.0. The van der Waals surface area contributed by atoms with Crippen LogP contribution in [0.25, 0.3) is 17.1 Å². The first kappa shape index (κ1) is 21.3. The van der Waals surface area contributed by atoms with Crippen LogP contribution in [0.15, 0.2) is 48.5 Å². The van der Waals surface area contributed by atoms with Crippen molar-refractivity contribution in [1.82, 2.24) is 14.3 Å². The van der Waals surface area contributed by atoms with E-state index in [9.17, 15) is 0 Å². The molecule has 1 atom stereocenters. The summed E-state index contributed by atoms with van der Waals surface area (Å²) in [6, 6.07) is 18.1. The van der Waals surface area contributed by atoms with Crippen LogP contribution in [0.5, 0.6) is 0 Å². The highest BCUT2D eigenvalue weighted by molar-refractivity contribution is 7.71. The maximum atomic E-state index is 8.87.